The van der Waals surface area contributed by atoms with E-state index in [-0.39, 0.29) is 22.8 Å². The second-order valence-electron chi connectivity index (χ2n) is 8.03. The third kappa shape index (κ3) is 5.31. The molecule has 2 aliphatic carbocycles. The first-order chi connectivity index (χ1) is 13.6. The SMILES string of the molecule is CN(C(=O)c1ccccc1NC(=S)NC(=O)C1CCCCC1)C1CCCCC1. The molecular weight excluding hydrogens is 370 g/mol. The molecule has 0 bridgehead atoms. The molecule has 152 valence electrons. The van der Waals surface area contributed by atoms with Gasteiger partial charge in [-0.3, -0.25) is 9.59 Å². The number of hydrogen-bond acceptors (Lipinski definition) is 3. The Morgan fingerprint density at radius 1 is 0.964 bits per heavy atom. The van der Waals surface area contributed by atoms with Gasteiger partial charge < -0.3 is 15.5 Å². The van der Waals surface area contributed by atoms with Crippen molar-refractivity contribution in [1.29, 1.82) is 0 Å². The summed E-state index contributed by atoms with van der Waals surface area (Å²) in [6.45, 7) is 0. The lowest BCUT2D eigenvalue weighted by atomic mass is 9.89. The van der Waals surface area contributed by atoms with Gasteiger partial charge in [0.15, 0.2) is 5.11 Å². The summed E-state index contributed by atoms with van der Waals surface area (Å²) < 4.78 is 0. The van der Waals surface area contributed by atoms with Crippen LogP contribution in [0.25, 0.3) is 0 Å². The molecule has 28 heavy (non-hydrogen) atoms. The standard InChI is InChI=1S/C22H31N3O2S/c1-25(17-12-6-3-7-13-17)21(27)18-14-8-9-15-19(18)23-22(28)24-20(26)16-10-4-2-5-11-16/h8-9,14-17H,2-7,10-13H2,1H3,(H2,23,24,26,28). The van der Waals surface area contributed by atoms with Crippen molar-refractivity contribution in [2.75, 3.05) is 12.4 Å². The van der Waals surface area contributed by atoms with Crippen molar-refractivity contribution in [2.45, 2.75) is 70.3 Å². The number of thiocarbonyl (C=S) groups is 1. The average Bonchev–Trinajstić information content (AvgIpc) is 2.74. The second kappa shape index (κ2) is 10.0. The number of hydrogen-bond donors (Lipinski definition) is 2. The minimum Gasteiger partial charge on any atom is -0.339 e. The zero-order valence-electron chi connectivity index (χ0n) is 16.7. The highest BCUT2D eigenvalue weighted by Gasteiger charge is 2.25. The highest BCUT2D eigenvalue weighted by molar-refractivity contribution is 7.80. The van der Waals surface area contributed by atoms with Gasteiger partial charge in [-0.15, -0.1) is 0 Å². The first kappa shape index (κ1) is 20.8. The highest BCUT2D eigenvalue weighted by atomic mass is 32.1. The fourth-order valence-corrected chi connectivity index (χ4v) is 4.55. The van der Waals surface area contributed by atoms with Gasteiger partial charge in [0.05, 0.1) is 11.3 Å². The van der Waals surface area contributed by atoms with Crippen molar-refractivity contribution in [3.05, 3.63) is 29.8 Å². The van der Waals surface area contributed by atoms with E-state index in [0.717, 1.165) is 38.5 Å². The summed E-state index contributed by atoms with van der Waals surface area (Å²) in [5, 5.41) is 6.14. The van der Waals surface area contributed by atoms with Gasteiger partial charge in [-0.1, -0.05) is 50.7 Å². The molecule has 3 rings (SSSR count). The molecular formula is C22H31N3O2S. The van der Waals surface area contributed by atoms with Crippen LogP contribution in [0.1, 0.15) is 74.6 Å². The summed E-state index contributed by atoms with van der Waals surface area (Å²) >= 11 is 5.35. The molecule has 1 aromatic carbocycles. The maximum atomic E-state index is 13.1. The van der Waals surface area contributed by atoms with Crippen LogP contribution < -0.4 is 10.6 Å². The summed E-state index contributed by atoms with van der Waals surface area (Å²) in [6, 6.07) is 7.67. The van der Waals surface area contributed by atoms with Gasteiger partial charge in [0.1, 0.15) is 0 Å². The van der Waals surface area contributed by atoms with Gasteiger partial charge in [-0.2, -0.15) is 0 Å². The van der Waals surface area contributed by atoms with Crippen LogP contribution >= 0.6 is 12.2 Å². The van der Waals surface area contributed by atoms with Crippen molar-refractivity contribution >= 4 is 34.8 Å². The zero-order valence-corrected chi connectivity index (χ0v) is 17.5. The molecule has 5 nitrogen and oxygen atoms in total. The lowest BCUT2D eigenvalue weighted by Gasteiger charge is -2.31. The van der Waals surface area contributed by atoms with Gasteiger partial charge in [-0.25, -0.2) is 0 Å². The Balaban J connectivity index is 1.63. The lowest BCUT2D eigenvalue weighted by molar-refractivity contribution is -0.124. The molecule has 0 spiro atoms. The van der Waals surface area contributed by atoms with E-state index in [0.29, 0.717) is 17.3 Å². The third-order valence-electron chi connectivity index (χ3n) is 6.06. The number of nitrogens with zero attached hydrogens (tertiary/aromatic N) is 1. The van der Waals surface area contributed by atoms with E-state index in [1.165, 1.54) is 25.7 Å². The Morgan fingerprint density at radius 3 is 2.25 bits per heavy atom. The predicted molar refractivity (Wildman–Crippen MR) is 116 cm³/mol. The smallest absolute Gasteiger partial charge is 0.255 e. The Kier molecular flexibility index (Phi) is 7.43. The van der Waals surface area contributed by atoms with Crippen molar-refractivity contribution < 1.29 is 9.59 Å². The Hall–Kier alpha value is -1.95. The van der Waals surface area contributed by atoms with E-state index in [4.69, 9.17) is 12.2 Å². The highest BCUT2D eigenvalue weighted by Crippen LogP contribution is 2.26. The van der Waals surface area contributed by atoms with Crippen molar-refractivity contribution in [2.24, 2.45) is 5.92 Å². The van der Waals surface area contributed by atoms with Gasteiger partial charge in [0.25, 0.3) is 5.91 Å². The van der Waals surface area contributed by atoms with Crippen molar-refractivity contribution in [1.82, 2.24) is 10.2 Å². The van der Waals surface area contributed by atoms with E-state index >= 15 is 0 Å². The molecule has 2 N–H and O–H groups in total. The van der Waals surface area contributed by atoms with Gasteiger partial charge in [-0.05, 0) is 50.0 Å². The molecule has 0 saturated heterocycles. The number of para-hydroxylation sites is 1. The van der Waals surface area contributed by atoms with Crippen molar-refractivity contribution in [3.8, 4) is 0 Å². The van der Waals surface area contributed by atoms with E-state index < -0.39 is 0 Å². The summed E-state index contributed by atoms with van der Waals surface area (Å²) in [5.74, 6) is 0.0274. The van der Waals surface area contributed by atoms with E-state index in [1.54, 1.807) is 0 Å². The molecule has 6 heteroatoms. The molecule has 2 saturated carbocycles. The molecule has 0 atom stereocenters. The van der Waals surface area contributed by atoms with Gasteiger partial charge in [0.2, 0.25) is 5.91 Å². The maximum absolute atomic E-state index is 13.1. The Labute approximate surface area is 173 Å². The fourth-order valence-electron chi connectivity index (χ4n) is 4.34. The van der Waals surface area contributed by atoms with Crippen LogP contribution in [0.5, 0.6) is 0 Å². The summed E-state index contributed by atoms with van der Waals surface area (Å²) in [5.41, 5.74) is 1.23. The number of carbonyl (C=O) groups is 2. The van der Waals surface area contributed by atoms with Crippen LogP contribution in [0.3, 0.4) is 0 Å². The quantitative estimate of drug-likeness (QED) is 0.730. The number of anilines is 1. The lowest BCUT2D eigenvalue weighted by Crippen LogP contribution is -2.40. The molecule has 0 aromatic heterocycles. The monoisotopic (exact) mass is 401 g/mol. The van der Waals surface area contributed by atoms with Crippen LogP contribution in [0.15, 0.2) is 24.3 Å². The number of amides is 2. The molecule has 0 aliphatic heterocycles. The van der Waals surface area contributed by atoms with Crippen LogP contribution in [-0.4, -0.2) is 34.9 Å². The third-order valence-corrected chi connectivity index (χ3v) is 6.27. The topological polar surface area (TPSA) is 61.4 Å². The number of rotatable bonds is 4. The first-order valence-electron chi connectivity index (χ1n) is 10.5. The molecule has 2 fully saturated rings. The zero-order chi connectivity index (χ0) is 19.9. The second-order valence-corrected chi connectivity index (χ2v) is 8.44. The molecule has 2 aliphatic rings. The minimum atomic E-state index is -0.0136. The van der Waals surface area contributed by atoms with Crippen LogP contribution in [0.2, 0.25) is 0 Å². The van der Waals surface area contributed by atoms with Crippen LogP contribution in [0.4, 0.5) is 5.69 Å². The molecule has 0 radical (unpaired) electrons. The Bertz CT molecular complexity index is 709. The molecule has 1 aromatic rings. The number of carbonyl (C=O) groups excluding carboxylic acids is 2. The number of benzene rings is 1. The van der Waals surface area contributed by atoms with Crippen LogP contribution in [-0.2, 0) is 4.79 Å². The van der Waals surface area contributed by atoms with Crippen LogP contribution in [0, 0.1) is 5.92 Å². The predicted octanol–water partition coefficient (Wildman–Crippen LogP) is 4.48. The van der Waals surface area contributed by atoms with Gasteiger partial charge in [0, 0.05) is 19.0 Å². The average molecular weight is 402 g/mol. The summed E-state index contributed by atoms with van der Waals surface area (Å²) in [6.07, 6.45) is 11.0. The molecule has 0 unspecified atom stereocenters. The molecule has 2 amide bonds. The fraction of sp³-hybridized carbons (Fsp3) is 0.591. The maximum Gasteiger partial charge on any atom is 0.255 e. The van der Waals surface area contributed by atoms with E-state index in [1.807, 2.05) is 36.2 Å². The first-order valence-corrected chi connectivity index (χ1v) is 10.9. The Morgan fingerprint density at radius 2 is 1.57 bits per heavy atom. The minimum absolute atomic E-state index is 0.00333. The molecule has 0 heterocycles. The summed E-state index contributed by atoms with van der Waals surface area (Å²) in [7, 11) is 1.89. The number of nitrogens with one attached hydrogen (secondary N) is 2. The summed E-state index contributed by atoms with van der Waals surface area (Å²) in [4.78, 5) is 27.4. The van der Waals surface area contributed by atoms with Gasteiger partial charge >= 0.3 is 0 Å². The largest absolute Gasteiger partial charge is 0.339 e. The van der Waals surface area contributed by atoms with E-state index in [2.05, 4.69) is 10.6 Å². The van der Waals surface area contributed by atoms with E-state index in [9.17, 15) is 9.59 Å². The normalized spacial score (nSPS) is 18.3. The van der Waals surface area contributed by atoms with Crippen molar-refractivity contribution in [3.63, 3.8) is 0 Å².